The van der Waals surface area contributed by atoms with E-state index in [4.69, 9.17) is 0 Å². The van der Waals surface area contributed by atoms with E-state index < -0.39 is 11.9 Å². The van der Waals surface area contributed by atoms with Crippen LogP contribution in [0.3, 0.4) is 0 Å². The topological polar surface area (TPSA) is 61.4 Å². The standard InChI is InChI=1S/C15H16FN3O2/c1-2-6-19-8-11-12(14(19)20)13(18-15(21)17-11)9-4-3-5-10(16)7-9/h3-5,7,13H,2,6,8H2,1H3,(H2,17,18,21)/t13-/m0/s1. The second-order valence-electron chi connectivity index (χ2n) is 5.21. The lowest BCUT2D eigenvalue weighted by Crippen LogP contribution is -2.44. The molecule has 0 spiro atoms. The van der Waals surface area contributed by atoms with Crippen LogP contribution in [0.5, 0.6) is 0 Å². The maximum absolute atomic E-state index is 13.4. The fraction of sp³-hybridized carbons (Fsp3) is 0.333. The molecule has 0 aromatic heterocycles. The molecular formula is C15H16FN3O2. The van der Waals surface area contributed by atoms with Gasteiger partial charge >= 0.3 is 6.03 Å². The Balaban J connectivity index is 1.99. The molecule has 2 aliphatic rings. The highest BCUT2D eigenvalue weighted by molar-refractivity contribution is 6.01. The smallest absolute Gasteiger partial charge is 0.319 e. The summed E-state index contributed by atoms with van der Waals surface area (Å²) in [6, 6.07) is 4.99. The van der Waals surface area contributed by atoms with Crippen LogP contribution >= 0.6 is 0 Å². The third kappa shape index (κ3) is 2.37. The van der Waals surface area contributed by atoms with E-state index in [2.05, 4.69) is 10.6 Å². The van der Waals surface area contributed by atoms with Gasteiger partial charge in [-0.15, -0.1) is 0 Å². The normalized spacial score (nSPS) is 21.2. The third-order valence-corrected chi connectivity index (χ3v) is 3.70. The number of nitrogens with one attached hydrogen (secondary N) is 2. The van der Waals surface area contributed by atoms with E-state index in [1.165, 1.54) is 12.1 Å². The molecule has 0 unspecified atom stereocenters. The fourth-order valence-corrected chi connectivity index (χ4v) is 2.81. The molecule has 0 saturated heterocycles. The van der Waals surface area contributed by atoms with Gasteiger partial charge in [0.05, 0.1) is 23.9 Å². The van der Waals surface area contributed by atoms with E-state index in [0.717, 1.165) is 6.42 Å². The molecule has 1 atom stereocenters. The summed E-state index contributed by atoms with van der Waals surface area (Å²) in [5.74, 6) is -0.494. The minimum atomic E-state index is -0.598. The summed E-state index contributed by atoms with van der Waals surface area (Å²) >= 11 is 0. The van der Waals surface area contributed by atoms with Crippen LogP contribution in [0.15, 0.2) is 35.5 Å². The van der Waals surface area contributed by atoms with Gasteiger partial charge in [0.1, 0.15) is 5.82 Å². The van der Waals surface area contributed by atoms with Crippen LogP contribution in [0.25, 0.3) is 0 Å². The fourth-order valence-electron chi connectivity index (χ4n) is 2.81. The Hall–Kier alpha value is -2.37. The molecule has 2 heterocycles. The predicted molar refractivity (Wildman–Crippen MR) is 74.7 cm³/mol. The zero-order valence-electron chi connectivity index (χ0n) is 11.6. The van der Waals surface area contributed by atoms with Crippen LogP contribution in [-0.4, -0.2) is 29.9 Å². The van der Waals surface area contributed by atoms with E-state index in [9.17, 15) is 14.0 Å². The van der Waals surface area contributed by atoms with Crippen LogP contribution in [-0.2, 0) is 4.79 Å². The number of amides is 3. The summed E-state index contributed by atoms with van der Waals surface area (Å²) in [7, 11) is 0. The van der Waals surface area contributed by atoms with Crippen molar-refractivity contribution in [1.29, 1.82) is 0 Å². The van der Waals surface area contributed by atoms with Gasteiger partial charge in [0.2, 0.25) is 0 Å². The van der Waals surface area contributed by atoms with E-state index in [1.807, 2.05) is 6.92 Å². The van der Waals surface area contributed by atoms with Crippen molar-refractivity contribution >= 4 is 11.9 Å². The molecule has 3 rings (SSSR count). The quantitative estimate of drug-likeness (QED) is 0.889. The van der Waals surface area contributed by atoms with Gasteiger partial charge in [-0.2, -0.15) is 0 Å². The molecule has 6 heteroatoms. The molecule has 3 amide bonds. The number of benzene rings is 1. The number of rotatable bonds is 3. The van der Waals surface area contributed by atoms with Gasteiger partial charge in [-0.1, -0.05) is 19.1 Å². The molecule has 110 valence electrons. The Morgan fingerprint density at radius 3 is 2.90 bits per heavy atom. The van der Waals surface area contributed by atoms with Gasteiger partial charge in [-0.25, -0.2) is 9.18 Å². The van der Waals surface area contributed by atoms with Gasteiger partial charge in [-0.3, -0.25) is 4.79 Å². The molecule has 1 aromatic rings. The Morgan fingerprint density at radius 2 is 2.19 bits per heavy atom. The van der Waals surface area contributed by atoms with Gasteiger partial charge in [0.25, 0.3) is 5.91 Å². The van der Waals surface area contributed by atoms with Crippen molar-refractivity contribution in [3.05, 3.63) is 46.9 Å². The molecule has 0 fully saturated rings. The second-order valence-corrected chi connectivity index (χ2v) is 5.21. The highest BCUT2D eigenvalue weighted by atomic mass is 19.1. The highest BCUT2D eigenvalue weighted by Crippen LogP contribution is 2.32. The van der Waals surface area contributed by atoms with Gasteiger partial charge in [0, 0.05) is 6.54 Å². The molecule has 0 saturated carbocycles. The van der Waals surface area contributed by atoms with Crippen molar-refractivity contribution in [3.8, 4) is 0 Å². The lowest BCUT2D eigenvalue weighted by atomic mass is 9.96. The number of hydrogen-bond acceptors (Lipinski definition) is 2. The predicted octanol–water partition coefficient (Wildman–Crippen LogP) is 1.69. The van der Waals surface area contributed by atoms with Crippen LogP contribution in [0.1, 0.15) is 24.9 Å². The lowest BCUT2D eigenvalue weighted by molar-refractivity contribution is -0.125. The van der Waals surface area contributed by atoms with Crippen molar-refractivity contribution in [1.82, 2.24) is 15.5 Å². The minimum Gasteiger partial charge on any atom is -0.333 e. The van der Waals surface area contributed by atoms with Crippen molar-refractivity contribution in [2.45, 2.75) is 19.4 Å². The molecule has 2 N–H and O–H groups in total. The van der Waals surface area contributed by atoms with Gasteiger partial charge in [-0.05, 0) is 24.1 Å². The van der Waals surface area contributed by atoms with Crippen LogP contribution in [0.2, 0.25) is 0 Å². The molecule has 5 nitrogen and oxygen atoms in total. The first kappa shape index (κ1) is 13.6. The number of carbonyl (C=O) groups excluding carboxylic acids is 2. The number of halogens is 1. The van der Waals surface area contributed by atoms with Gasteiger partial charge in [0.15, 0.2) is 0 Å². The SMILES string of the molecule is CCCN1CC2=C(C1=O)[C@H](c1cccc(F)c1)NC(=O)N2. The average Bonchev–Trinajstić information content (AvgIpc) is 2.75. The summed E-state index contributed by atoms with van der Waals surface area (Å²) in [5.41, 5.74) is 1.70. The zero-order chi connectivity index (χ0) is 15.0. The zero-order valence-corrected chi connectivity index (χ0v) is 11.6. The largest absolute Gasteiger partial charge is 0.333 e. The Morgan fingerprint density at radius 1 is 1.38 bits per heavy atom. The Kier molecular flexibility index (Phi) is 3.37. The van der Waals surface area contributed by atoms with Crippen LogP contribution in [0.4, 0.5) is 9.18 Å². The maximum atomic E-state index is 13.4. The first-order valence-corrected chi connectivity index (χ1v) is 6.95. The van der Waals surface area contributed by atoms with Crippen molar-refractivity contribution < 1.29 is 14.0 Å². The monoisotopic (exact) mass is 289 g/mol. The number of hydrogen-bond donors (Lipinski definition) is 2. The number of urea groups is 1. The molecule has 0 aliphatic carbocycles. The Labute approximate surface area is 121 Å². The maximum Gasteiger partial charge on any atom is 0.319 e. The summed E-state index contributed by atoms with van der Waals surface area (Å²) < 4.78 is 13.4. The first-order chi connectivity index (χ1) is 10.1. The summed E-state index contributed by atoms with van der Waals surface area (Å²) in [4.78, 5) is 26.0. The number of nitrogens with zero attached hydrogens (tertiary/aromatic N) is 1. The van der Waals surface area contributed by atoms with E-state index in [1.54, 1.807) is 17.0 Å². The lowest BCUT2D eigenvalue weighted by Gasteiger charge is -2.25. The van der Waals surface area contributed by atoms with Gasteiger partial charge < -0.3 is 15.5 Å². The van der Waals surface area contributed by atoms with E-state index >= 15 is 0 Å². The van der Waals surface area contributed by atoms with Crippen LogP contribution in [0, 0.1) is 5.82 Å². The van der Waals surface area contributed by atoms with Crippen molar-refractivity contribution in [3.63, 3.8) is 0 Å². The summed E-state index contributed by atoms with van der Waals surface area (Å²) in [6.45, 7) is 3.03. The molecule has 21 heavy (non-hydrogen) atoms. The Bertz CT molecular complexity index is 642. The van der Waals surface area contributed by atoms with Crippen LogP contribution < -0.4 is 10.6 Å². The van der Waals surface area contributed by atoms with E-state index in [-0.39, 0.29) is 11.9 Å². The van der Waals surface area contributed by atoms with Crippen molar-refractivity contribution in [2.24, 2.45) is 0 Å². The molecule has 0 bridgehead atoms. The number of carbonyl (C=O) groups is 2. The van der Waals surface area contributed by atoms with E-state index in [0.29, 0.717) is 29.9 Å². The molecule has 0 radical (unpaired) electrons. The average molecular weight is 289 g/mol. The summed E-state index contributed by atoms with van der Waals surface area (Å²) in [5, 5.41) is 5.39. The third-order valence-electron chi connectivity index (χ3n) is 3.70. The second kappa shape index (κ2) is 5.20. The first-order valence-electron chi connectivity index (χ1n) is 6.95. The molecule has 2 aliphatic heterocycles. The minimum absolute atomic E-state index is 0.103. The summed E-state index contributed by atoms with van der Waals surface area (Å²) in [6.07, 6.45) is 0.846. The molecular weight excluding hydrogens is 273 g/mol. The van der Waals surface area contributed by atoms with Crippen molar-refractivity contribution in [2.75, 3.05) is 13.1 Å². The highest BCUT2D eigenvalue weighted by Gasteiger charge is 2.39. The molecule has 1 aromatic carbocycles.